The van der Waals surface area contributed by atoms with E-state index in [1.54, 1.807) is 0 Å². The van der Waals surface area contributed by atoms with Crippen LogP contribution < -0.4 is 0 Å². The Morgan fingerprint density at radius 1 is 0.364 bits per heavy atom. The summed E-state index contributed by atoms with van der Waals surface area (Å²) < 4.78 is 0. The molecule has 33 heavy (non-hydrogen) atoms. The van der Waals surface area contributed by atoms with Crippen molar-refractivity contribution in [2.24, 2.45) is 5.41 Å². The first-order valence-electron chi connectivity index (χ1n) is 11.8. The van der Waals surface area contributed by atoms with Crippen molar-refractivity contribution in [2.45, 2.75) is 53.9 Å². The molecule has 4 rings (SSSR count). The molecule has 0 fully saturated rings. The molecule has 4 aromatic rings. The molecule has 0 heteroatoms. The molecule has 0 bridgehead atoms. The zero-order chi connectivity index (χ0) is 24.3. The highest BCUT2D eigenvalue weighted by molar-refractivity contribution is 5.49. The lowest BCUT2D eigenvalue weighted by atomic mass is 9.71. The second-order valence-electron chi connectivity index (χ2n) is 10.4. The molecule has 0 unspecified atom stereocenters. The molecule has 0 aliphatic rings. The zero-order valence-electron chi connectivity index (χ0n) is 21.5. The van der Waals surface area contributed by atoms with Gasteiger partial charge in [0.05, 0.1) is 0 Å². The predicted octanol–water partition coefficient (Wildman–Crippen LogP) is 9.40. The fourth-order valence-electron chi connectivity index (χ4n) is 3.45. The van der Waals surface area contributed by atoms with Crippen LogP contribution in [0.15, 0.2) is 115 Å². The third kappa shape index (κ3) is 8.73. The summed E-state index contributed by atoms with van der Waals surface area (Å²) in [5.74, 6) is 0. The Bertz CT molecular complexity index is 914. The van der Waals surface area contributed by atoms with Gasteiger partial charge < -0.3 is 0 Å². The maximum atomic E-state index is 2.30. The predicted molar refractivity (Wildman–Crippen MR) is 146 cm³/mol. The van der Waals surface area contributed by atoms with Gasteiger partial charge in [-0.25, -0.2) is 0 Å². The smallest absolute Gasteiger partial charge is 0.0423 e. The number of aryl methyl sites for hydroxylation is 2. The van der Waals surface area contributed by atoms with Gasteiger partial charge >= 0.3 is 0 Å². The van der Waals surface area contributed by atoms with Crippen LogP contribution in [0.25, 0.3) is 0 Å². The quantitative estimate of drug-likeness (QED) is 0.281. The molecule has 0 saturated heterocycles. The molecule has 0 saturated carbocycles. The second kappa shape index (κ2) is 12.2. The van der Waals surface area contributed by atoms with Crippen LogP contribution in [0.4, 0.5) is 0 Å². The standard InChI is InChI=1S/C20H18.C8H10.C5H12/c1-20(17-11-5-2-6-12-17,18-13-7-3-8-14-18)19-15-9-4-10-16-19;1-7-3-5-8(2)6-4-7;1-5(2,3)4/h2-16H,1H3;3-6H,1-2H3;1-4H3. The Labute approximate surface area is 202 Å². The van der Waals surface area contributed by atoms with Crippen LogP contribution in [0.1, 0.15) is 62.4 Å². The molecule has 0 heterocycles. The average molecular weight is 437 g/mol. The van der Waals surface area contributed by atoms with E-state index in [9.17, 15) is 0 Å². The summed E-state index contributed by atoms with van der Waals surface area (Å²) in [6.07, 6.45) is 0. The normalized spacial score (nSPS) is 10.9. The lowest BCUT2D eigenvalue weighted by Gasteiger charge is -2.31. The number of hydrogen-bond donors (Lipinski definition) is 0. The third-order valence-electron chi connectivity index (χ3n) is 5.27. The van der Waals surface area contributed by atoms with Gasteiger partial charge in [-0.05, 0) is 42.9 Å². The SMILES string of the molecule is CC(C)(C)C.CC(c1ccccc1)(c1ccccc1)c1ccccc1.Cc1ccc(C)cc1. The summed E-state index contributed by atoms with van der Waals surface area (Å²) in [7, 11) is 0. The summed E-state index contributed by atoms with van der Waals surface area (Å²) in [6, 6.07) is 40.6. The first-order valence-corrected chi connectivity index (χ1v) is 11.8. The first kappa shape index (κ1) is 26.1. The highest BCUT2D eigenvalue weighted by atomic mass is 14.3. The monoisotopic (exact) mass is 436 g/mol. The van der Waals surface area contributed by atoms with Crippen LogP contribution in [-0.4, -0.2) is 0 Å². The van der Waals surface area contributed by atoms with Gasteiger partial charge in [0.25, 0.3) is 0 Å². The van der Waals surface area contributed by atoms with Gasteiger partial charge in [-0.2, -0.15) is 0 Å². The molecule has 0 amide bonds. The van der Waals surface area contributed by atoms with E-state index in [1.165, 1.54) is 27.8 Å². The minimum absolute atomic E-state index is 0.121. The van der Waals surface area contributed by atoms with E-state index >= 15 is 0 Å². The Balaban J connectivity index is 0.000000244. The Morgan fingerprint density at radius 3 is 0.788 bits per heavy atom. The average Bonchev–Trinajstić information content (AvgIpc) is 2.81. The van der Waals surface area contributed by atoms with E-state index < -0.39 is 0 Å². The molecule has 0 N–H and O–H groups in total. The lowest BCUT2D eigenvalue weighted by molar-refractivity contribution is 0.469. The van der Waals surface area contributed by atoms with Crippen LogP contribution in [-0.2, 0) is 5.41 Å². The van der Waals surface area contributed by atoms with E-state index in [0.29, 0.717) is 5.41 Å². The van der Waals surface area contributed by atoms with Gasteiger partial charge in [-0.1, -0.05) is 154 Å². The van der Waals surface area contributed by atoms with E-state index in [4.69, 9.17) is 0 Å². The van der Waals surface area contributed by atoms with Crippen LogP contribution in [0.5, 0.6) is 0 Å². The molecule has 4 aromatic carbocycles. The molecular weight excluding hydrogens is 396 g/mol. The molecule has 0 aliphatic carbocycles. The van der Waals surface area contributed by atoms with Crippen LogP contribution in [0.2, 0.25) is 0 Å². The molecule has 0 aromatic heterocycles. The fraction of sp³-hybridized carbons (Fsp3) is 0.273. The largest absolute Gasteiger partial charge is 0.0622 e. The first-order chi connectivity index (χ1) is 15.6. The van der Waals surface area contributed by atoms with E-state index in [1.807, 2.05) is 0 Å². The molecule has 0 aliphatic heterocycles. The van der Waals surface area contributed by atoms with Crippen LogP contribution in [0.3, 0.4) is 0 Å². The molecule has 0 atom stereocenters. The molecule has 172 valence electrons. The fourth-order valence-corrected chi connectivity index (χ4v) is 3.45. The van der Waals surface area contributed by atoms with Crippen molar-refractivity contribution in [1.82, 2.24) is 0 Å². The van der Waals surface area contributed by atoms with Crippen molar-refractivity contribution in [2.75, 3.05) is 0 Å². The Kier molecular flexibility index (Phi) is 9.67. The van der Waals surface area contributed by atoms with Crippen LogP contribution >= 0.6 is 0 Å². The summed E-state index contributed by atoms with van der Waals surface area (Å²) in [5, 5.41) is 0. The van der Waals surface area contributed by atoms with Crippen LogP contribution in [0, 0.1) is 19.3 Å². The van der Waals surface area contributed by atoms with Crippen molar-refractivity contribution in [3.05, 3.63) is 143 Å². The molecule has 0 spiro atoms. The van der Waals surface area contributed by atoms with Gasteiger partial charge in [-0.3, -0.25) is 0 Å². The third-order valence-corrected chi connectivity index (χ3v) is 5.27. The minimum atomic E-state index is -0.121. The number of benzene rings is 4. The molecule has 0 radical (unpaired) electrons. The number of hydrogen-bond acceptors (Lipinski definition) is 0. The Morgan fingerprint density at radius 2 is 0.576 bits per heavy atom. The molecular formula is C33H40. The van der Waals surface area contributed by atoms with E-state index in [0.717, 1.165) is 0 Å². The topological polar surface area (TPSA) is 0 Å². The van der Waals surface area contributed by atoms with Crippen molar-refractivity contribution in [1.29, 1.82) is 0 Å². The van der Waals surface area contributed by atoms with Crippen molar-refractivity contribution in [3.8, 4) is 0 Å². The summed E-state index contributed by atoms with van der Waals surface area (Å²) in [4.78, 5) is 0. The highest BCUT2D eigenvalue weighted by Crippen LogP contribution is 2.38. The zero-order valence-corrected chi connectivity index (χ0v) is 21.5. The maximum absolute atomic E-state index is 2.30. The lowest BCUT2D eigenvalue weighted by Crippen LogP contribution is -2.25. The van der Waals surface area contributed by atoms with Gasteiger partial charge in [-0.15, -0.1) is 0 Å². The van der Waals surface area contributed by atoms with E-state index in [2.05, 4.69) is 164 Å². The summed E-state index contributed by atoms with van der Waals surface area (Å²) in [5.41, 5.74) is 6.99. The highest BCUT2D eigenvalue weighted by Gasteiger charge is 2.30. The maximum Gasteiger partial charge on any atom is 0.0423 e. The van der Waals surface area contributed by atoms with Gasteiger partial charge in [0.1, 0.15) is 0 Å². The van der Waals surface area contributed by atoms with Crippen molar-refractivity contribution >= 4 is 0 Å². The van der Waals surface area contributed by atoms with E-state index in [-0.39, 0.29) is 5.41 Å². The second-order valence-corrected chi connectivity index (χ2v) is 10.4. The van der Waals surface area contributed by atoms with Gasteiger partial charge in [0.2, 0.25) is 0 Å². The summed E-state index contributed by atoms with van der Waals surface area (Å²) >= 11 is 0. The molecule has 0 nitrogen and oxygen atoms in total. The van der Waals surface area contributed by atoms with Gasteiger partial charge in [0.15, 0.2) is 0 Å². The van der Waals surface area contributed by atoms with Crippen molar-refractivity contribution in [3.63, 3.8) is 0 Å². The van der Waals surface area contributed by atoms with Gasteiger partial charge in [0, 0.05) is 5.41 Å². The number of rotatable bonds is 3. The summed E-state index contributed by atoms with van der Waals surface area (Å²) in [6.45, 7) is 15.2. The Hall–Kier alpha value is -3.12. The van der Waals surface area contributed by atoms with Crippen molar-refractivity contribution < 1.29 is 0 Å². The minimum Gasteiger partial charge on any atom is -0.0622 e.